The number of rotatable bonds is 7. The summed E-state index contributed by atoms with van der Waals surface area (Å²) in [5, 5.41) is 5.15. The lowest BCUT2D eigenvalue weighted by Gasteiger charge is -2.18. The van der Waals surface area contributed by atoms with E-state index in [1.54, 1.807) is 4.90 Å². The summed E-state index contributed by atoms with van der Waals surface area (Å²) in [6, 6.07) is 0. The Balaban J connectivity index is 2.37. The number of halogens is 1. The molecule has 1 aromatic heterocycles. The van der Waals surface area contributed by atoms with E-state index in [2.05, 4.69) is 10.3 Å². The van der Waals surface area contributed by atoms with Gasteiger partial charge in [-0.25, -0.2) is 4.98 Å². The fraction of sp³-hybridized carbons (Fsp3) is 0.583. The Kier molecular flexibility index (Phi) is 6.80. The van der Waals surface area contributed by atoms with Gasteiger partial charge in [-0.3, -0.25) is 9.59 Å². The average Bonchev–Trinajstić information content (AvgIpc) is 2.85. The van der Waals surface area contributed by atoms with Gasteiger partial charge in [0.15, 0.2) is 0 Å². The molecule has 0 saturated carbocycles. The number of carbonyl (C=O) groups is 2. The van der Waals surface area contributed by atoms with Crippen molar-refractivity contribution in [1.29, 1.82) is 0 Å². The Morgan fingerprint density at radius 1 is 1.42 bits per heavy atom. The number of hydrogen-bond acceptors (Lipinski definition) is 4. The molecule has 7 heteroatoms. The highest BCUT2D eigenvalue weighted by molar-refractivity contribution is 7.09. The van der Waals surface area contributed by atoms with Crippen LogP contribution in [0, 0.1) is 0 Å². The molecular formula is C12H18ClN3O2S. The third-order valence-corrected chi connectivity index (χ3v) is 3.77. The van der Waals surface area contributed by atoms with Crippen LogP contribution in [0.25, 0.3) is 0 Å². The average molecular weight is 304 g/mol. The van der Waals surface area contributed by atoms with Crippen molar-refractivity contribution in [3.63, 3.8) is 0 Å². The summed E-state index contributed by atoms with van der Waals surface area (Å²) in [5.74, 6) is 0.0772. The second kappa shape index (κ2) is 8.12. The molecule has 106 valence electrons. The number of thiazole rings is 1. The van der Waals surface area contributed by atoms with Crippen molar-refractivity contribution in [3.05, 3.63) is 16.1 Å². The molecule has 0 radical (unpaired) electrons. The molecule has 0 fully saturated rings. The van der Waals surface area contributed by atoms with Gasteiger partial charge < -0.3 is 10.2 Å². The Bertz CT molecular complexity index is 432. The van der Waals surface area contributed by atoms with Gasteiger partial charge in [-0.2, -0.15) is 0 Å². The predicted octanol–water partition coefficient (Wildman–Crippen LogP) is 1.41. The lowest BCUT2D eigenvalue weighted by Crippen LogP contribution is -2.40. The molecule has 2 amide bonds. The molecule has 1 N–H and O–H groups in total. The van der Waals surface area contributed by atoms with E-state index in [4.69, 9.17) is 11.6 Å². The topological polar surface area (TPSA) is 62.3 Å². The maximum absolute atomic E-state index is 11.7. The second-order valence-corrected chi connectivity index (χ2v) is 5.10. The van der Waals surface area contributed by atoms with Crippen molar-refractivity contribution in [3.8, 4) is 0 Å². The van der Waals surface area contributed by atoms with Gasteiger partial charge in [0.2, 0.25) is 11.8 Å². The molecule has 1 aromatic rings. The molecule has 0 aromatic carbocycles. The van der Waals surface area contributed by atoms with E-state index in [-0.39, 0.29) is 24.8 Å². The van der Waals surface area contributed by atoms with Crippen molar-refractivity contribution in [2.75, 3.05) is 19.6 Å². The third-order valence-electron chi connectivity index (χ3n) is 2.60. The van der Waals surface area contributed by atoms with Crippen LogP contribution in [0.2, 0.25) is 0 Å². The lowest BCUT2D eigenvalue weighted by atomic mass is 10.4. The summed E-state index contributed by atoms with van der Waals surface area (Å²) in [6.07, 6.45) is 0.188. The summed E-state index contributed by atoms with van der Waals surface area (Å²) in [5.41, 5.74) is 0.772. The molecule has 1 rings (SSSR count). The molecule has 0 spiro atoms. The van der Waals surface area contributed by atoms with Crippen LogP contribution in [0.1, 0.15) is 24.5 Å². The molecule has 0 aliphatic carbocycles. The summed E-state index contributed by atoms with van der Waals surface area (Å²) in [4.78, 5) is 29.2. The molecule has 5 nitrogen and oxygen atoms in total. The molecule has 0 atom stereocenters. The van der Waals surface area contributed by atoms with E-state index >= 15 is 0 Å². The van der Waals surface area contributed by atoms with Gasteiger partial charge in [-0.15, -0.1) is 22.9 Å². The quantitative estimate of drug-likeness (QED) is 0.775. The maximum atomic E-state index is 11.7. The Labute approximate surface area is 122 Å². The minimum Gasteiger partial charge on any atom is -0.347 e. The van der Waals surface area contributed by atoms with Gasteiger partial charge in [-0.05, 0) is 13.8 Å². The number of carbonyl (C=O) groups excluding carboxylic acids is 2. The molecule has 0 aliphatic rings. The van der Waals surface area contributed by atoms with Crippen LogP contribution in [0.15, 0.2) is 5.38 Å². The number of aromatic nitrogens is 1. The SMILES string of the molecule is CCN(CC)C(=O)CNC(=O)Cc1nc(CCl)cs1. The van der Waals surface area contributed by atoms with Crippen LogP contribution < -0.4 is 5.32 Å². The van der Waals surface area contributed by atoms with Crippen LogP contribution in [0.5, 0.6) is 0 Å². The van der Waals surface area contributed by atoms with Crippen LogP contribution in [-0.4, -0.2) is 41.3 Å². The summed E-state index contributed by atoms with van der Waals surface area (Å²) < 4.78 is 0. The lowest BCUT2D eigenvalue weighted by molar-refractivity contribution is -0.132. The number of nitrogens with one attached hydrogen (secondary N) is 1. The zero-order chi connectivity index (χ0) is 14.3. The Morgan fingerprint density at radius 3 is 2.63 bits per heavy atom. The van der Waals surface area contributed by atoms with Crippen LogP contribution in [-0.2, 0) is 21.9 Å². The normalized spacial score (nSPS) is 10.3. The number of nitrogens with zero attached hydrogens (tertiary/aromatic N) is 2. The van der Waals surface area contributed by atoms with Crippen molar-refractivity contribution >= 4 is 34.8 Å². The summed E-state index contributed by atoms with van der Waals surface area (Å²) in [6.45, 7) is 5.15. The molecule has 0 saturated heterocycles. The highest BCUT2D eigenvalue weighted by Gasteiger charge is 2.12. The van der Waals surface area contributed by atoms with Crippen LogP contribution >= 0.6 is 22.9 Å². The van der Waals surface area contributed by atoms with Gasteiger partial charge in [-0.1, -0.05) is 0 Å². The van der Waals surface area contributed by atoms with Crippen molar-refractivity contribution in [2.24, 2.45) is 0 Å². The molecule has 0 aliphatic heterocycles. The standard InChI is InChI=1S/C12H18ClN3O2S/c1-3-16(4-2)12(18)7-14-10(17)5-11-15-9(6-13)8-19-11/h8H,3-7H2,1-2H3,(H,14,17). The van der Waals surface area contributed by atoms with E-state index < -0.39 is 0 Å². The second-order valence-electron chi connectivity index (χ2n) is 3.89. The largest absolute Gasteiger partial charge is 0.347 e. The molecule has 1 heterocycles. The van der Waals surface area contributed by atoms with E-state index in [0.717, 1.165) is 5.69 Å². The highest BCUT2D eigenvalue weighted by atomic mass is 35.5. The summed E-state index contributed by atoms with van der Waals surface area (Å²) in [7, 11) is 0. The van der Waals surface area contributed by atoms with Crippen molar-refractivity contribution in [1.82, 2.24) is 15.2 Å². The van der Waals surface area contributed by atoms with Gasteiger partial charge in [0.25, 0.3) is 0 Å². The van der Waals surface area contributed by atoms with Gasteiger partial charge in [0, 0.05) is 18.5 Å². The van der Waals surface area contributed by atoms with E-state index in [9.17, 15) is 9.59 Å². The molecule has 19 heavy (non-hydrogen) atoms. The van der Waals surface area contributed by atoms with E-state index in [1.807, 2.05) is 19.2 Å². The number of hydrogen-bond donors (Lipinski definition) is 1. The predicted molar refractivity (Wildman–Crippen MR) is 76.3 cm³/mol. The first-order valence-electron chi connectivity index (χ1n) is 6.14. The van der Waals surface area contributed by atoms with Gasteiger partial charge >= 0.3 is 0 Å². The van der Waals surface area contributed by atoms with Crippen molar-refractivity contribution in [2.45, 2.75) is 26.1 Å². The Morgan fingerprint density at radius 2 is 2.11 bits per heavy atom. The first-order valence-corrected chi connectivity index (χ1v) is 7.55. The zero-order valence-electron chi connectivity index (χ0n) is 11.1. The number of likely N-dealkylation sites (N-methyl/N-ethyl adjacent to an activating group) is 1. The van der Waals surface area contributed by atoms with Crippen LogP contribution in [0.4, 0.5) is 0 Å². The van der Waals surface area contributed by atoms with Gasteiger partial charge in [0.1, 0.15) is 5.01 Å². The highest BCUT2D eigenvalue weighted by Crippen LogP contribution is 2.11. The fourth-order valence-corrected chi connectivity index (χ4v) is 2.57. The first kappa shape index (κ1) is 15.9. The smallest absolute Gasteiger partial charge is 0.241 e. The molecule has 0 bridgehead atoms. The van der Waals surface area contributed by atoms with E-state index in [0.29, 0.717) is 24.0 Å². The first-order chi connectivity index (χ1) is 9.10. The van der Waals surface area contributed by atoms with Crippen molar-refractivity contribution < 1.29 is 9.59 Å². The van der Waals surface area contributed by atoms with Gasteiger partial charge in [0.05, 0.1) is 24.5 Å². The fourth-order valence-electron chi connectivity index (χ4n) is 1.55. The number of amides is 2. The molecular weight excluding hydrogens is 286 g/mol. The minimum atomic E-state index is -0.198. The maximum Gasteiger partial charge on any atom is 0.241 e. The molecule has 0 unspecified atom stereocenters. The Hall–Kier alpha value is -1.14. The summed E-state index contributed by atoms with van der Waals surface area (Å²) >= 11 is 7.04. The van der Waals surface area contributed by atoms with Crippen LogP contribution in [0.3, 0.4) is 0 Å². The monoisotopic (exact) mass is 303 g/mol. The minimum absolute atomic E-state index is 0.0360. The van der Waals surface area contributed by atoms with E-state index in [1.165, 1.54) is 11.3 Å². The zero-order valence-corrected chi connectivity index (χ0v) is 12.7. The number of alkyl halides is 1. The third kappa shape index (κ3) is 5.16.